The molecule has 0 bridgehead atoms. The Balaban J connectivity index is 1.44. The molecule has 2 atom stereocenters. The van der Waals surface area contributed by atoms with E-state index in [4.69, 9.17) is 5.73 Å². The van der Waals surface area contributed by atoms with E-state index in [0.717, 1.165) is 5.56 Å². The van der Waals surface area contributed by atoms with E-state index in [-0.39, 0.29) is 17.9 Å². The van der Waals surface area contributed by atoms with Gasteiger partial charge >= 0.3 is 0 Å². The second-order valence-corrected chi connectivity index (χ2v) is 9.66. The van der Waals surface area contributed by atoms with Crippen LogP contribution in [0.5, 0.6) is 0 Å². The molecule has 2 aromatic carbocycles. The number of likely N-dealkylation sites (tertiary alicyclic amines) is 1. The molecule has 2 aliphatic rings. The van der Waals surface area contributed by atoms with E-state index in [1.807, 2.05) is 58.8 Å². The number of hydrogen-bond donors (Lipinski definition) is 1. The lowest BCUT2D eigenvalue weighted by atomic mass is 9.95. The average molecular weight is 385 g/mol. The third kappa shape index (κ3) is 3.80. The van der Waals surface area contributed by atoms with E-state index in [1.54, 1.807) is 0 Å². The molecule has 0 spiro atoms. The Labute approximate surface area is 163 Å². The second-order valence-electron chi connectivity index (χ2n) is 6.94. The summed E-state index contributed by atoms with van der Waals surface area (Å²) in [6.07, 6.45) is 1.29. The van der Waals surface area contributed by atoms with E-state index < -0.39 is 0 Å². The maximum absolute atomic E-state index is 12.9. The SMILES string of the molecule is N[C@@H]1CN(C(=O)c2ccc(C3SCCCS3)cc2)C[C@H]1c1ccccc1. The lowest BCUT2D eigenvalue weighted by Crippen LogP contribution is -2.32. The zero-order valence-corrected chi connectivity index (χ0v) is 16.3. The summed E-state index contributed by atoms with van der Waals surface area (Å²) >= 11 is 4.01. The summed E-state index contributed by atoms with van der Waals surface area (Å²) in [5.74, 6) is 2.76. The summed E-state index contributed by atoms with van der Waals surface area (Å²) in [7, 11) is 0. The quantitative estimate of drug-likeness (QED) is 0.865. The van der Waals surface area contributed by atoms with Crippen LogP contribution in [0.15, 0.2) is 54.6 Å². The highest BCUT2D eigenvalue weighted by molar-refractivity contribution is 8.16. The Bertz CT molecular complexity index is 744. The van der Waals surface area contributed by atoms with E-state index in [9.17, 15) is 4.79 Å². The van der Waals surface area contributed by atoms with Crippen molar-refractivity contribution in [3.8, 4) is 0 Å². The van der Waals surface area contributed by atoms with Crippen LogP contribution < -0.4 is 5.73 Å². The maximum atomic E-state index is 12.9. The van der Waals surface area contributed by atoms with Gasteiger partial charge in [0.05, 0.1) is 4.58 Å². The van der Waals surface area contributed by atoms with Crippen molar-refractivity contribution in [2.45, 2.75) is 23.0 Å². The summed E-state index contributed by atoms with van der Waals surface area (Å²) in [4.78, 5) is 14.8. The first-order valence-electron chi connectivity index (χ1n) is 9.15. The second kappa shape index (κ2) is 8.07. The zero-order chi connectivity index (χ0) is 17.9. The number of hydrogen-bond acceptors (Lipinski definition) is 4. The van der Waals surface area contributed by atoms with Crippen LogP contribution >= 0.6 is 23.5 Å². The van der Waals surface area contributed by atoms with Crippen LogP contribution in [-0.2, 0) is 0 Å². The van der Waals surface area contributed by atoms with Gasteiger partial charge in [-0.05, 0) is 41.2 Å². The van der Waals surface area contributed by atoms with Crippen LogP contribution in [-0.4, -0.2) is 41.4 Å². The third-order valence-electron chi connectivity index (χ3n) is 5.14. The first-order valence-corrected chi connectivity index (χ1v) is 11.2. The predicted molar refractivity (Wildman–Crippen MR) is 112 cm³/mol. The Morgan fingerprint density at radius 2 is 1.62 bits per heavy atom. The van der Waals surface area contributed by atoms with Crippen LogP contribution in [0.4, 0.5) is 0 Å². The summed E-state index contributed by atoms with van der Waals surface area (Å²) < 4.78 is 0.510. The Hall–Kier alpha value is -1.43. The van der Waals surface area contributed by atoms with Crippen LogP contribution in [0, 0.1) is 0 Å². The molecule has 0 saturated carbocycles. The molecule has 0 aliphatic carbocycles. The highest BCUT2D eigenvalue weighted by Gasteiger charge is 2.34. The van der Waals surface area contributed by atoms with Gasteiger partial charge in [-0.25, -0.2) is 0 Å². The maximum Gasteiger partial charge on any atom is 0.253 e. The minimum absolute atomic E-state index is 0.00402. The monoisotopic (exact) mass is 384 g/mol. The molecule has 2 saturated heterocycles. The summed E-state index contributed by atoms with van der Waals surface area (Å²) in [5.41, 5.74) is 9.64. The molecule has 1 amide bonds. The molecule has 5 heteroatoms. The number of nitrogens with zero attached hydrogens (tertiary/aromatic N) is 1. The first-order chi connectivity index (χ1) is 12.7. The van der Waals surface area contributed by atoms with E-state index in [0.29, 0.717) is 17.7 Å². The molecule has 0 unspecified atom stereocenters. The van der Waals surface area contributed by atoms with E-state index in [1.165, 1.54) is 29.1 Å². The van der Waals surface area contributed by atoms with Gasteiger partial charge < -0.3 is 10.6 Å². The summed E-state index contributed by atoms with van der Waals surface area (Å²) in [6.45, 7) is 1.31. The van der Waals surface area contributed by atoms with Crippen molar-refractivity contribution in [3.63, 3.8) is 0 Å². The molecule has 0 radical (unpaired) electrons. The molecule has 3 nitrogen and oxygen atoms in total. The highest BCUT2D eigenvalue weighted by atomic mass is 32.2. The minimum Gasteiger partial charge on any atom is -0.336 e. The van der Waals surface area contributed by atoms with E-state index >= 15 is 0 Å². The number of carbonyl (C=O) groups is 1. The number of carbonyl (C=O) groups excluding carboxylic acids is 1. The van der Waals surface area contributed by atoms with Crippen molar-refractivity contribution in [2.24, 2.45) is 5.73 Å². The van der Waals surface area contributed by atoms with Crippen molar-refractivity contribution in [2.75, 3.05) is 24.6 Å². The molecule has 136 valence electrons. The van der Waals surface area contributed by atoms with Crippen LogP contribution in [0.25, 0.3) is 0 Å². The number of rotatable bonds is 3. The molecular weight excluding hydrogens is 360 g/mol. The fourth-order valence-corrected chi connectivity index (χ4v) is 6.59. The van der Waals surface area contributed by atoms with Crippen molar-refractivity contribution in [1.82, 2.24) is 4.90 Å². The smallest absolute Gasteiger partial charge is 0.253 e. The molecular formula is C21H24N2OS2. The number of amides is 1. The van der Waals surface area contributed by atoms with Crippen LogP contribution in [0.2, 0.25) is 0 Å². The Kier molecular flexibility index (Phi) is 5.57. The van der Waals surface area contributed by atoms with Gasteiger partial charge in [0.15, 0.2) is 0 Å². The van der Waals surface area contributed by atoms with Gasteiger partial charge in [-0.2, -0.15) is 0 Å². The van der Waals surface area contributed by atoms with Gasteiger partial charge in [-0.15, -0.1) is 23.5 Å². The van der Waals surface area contributed by atoms with Crippen LogP contribution in [0.3, 0.4) is 0 Å². The molecule has 2 fully saturated rings. The standard InChI is InChI=1S/C21H24N2OS2/c22-19-14-23(13-18(19)15-5-2-1-3-6-15)20(24)16-7-9-17(10-8-16)21-25-11-4-12-26-21/h1-3,5-10,18-19,21H,4,11-14,22H2/t18-,19+/m0/s1. The van der Waals surface area contributed by atoms with Gasteiger partial charge in [-0.1, -0.05) is 42.5 Å². The molecule has 26 heavy (non-hydrogen) atoms. The zero-order valence-electron chi connectivity index (χ0n) is 14.7. The fourth-order valence-electron chi connectivity index (χ4n) is 3.69. The van der Waals surface area contributed by atoms with Crippen molar-refractivity contribution >= 4 is 29.4 Å². The molecule has 0 aromatic heterocycles. The summed E-state index contributed by atoms with van der Waals surface area (Å²) in [6, 6.07) is 18.5. The molecule has 4 rings (SSSR count). The Morgan fingerprint density at radius 3 is 2.31 bits per heavy atom. The van der Waals surface area contributed by atoms with Crippen molar-refractivity contribution < 1.29 is 4.79 Å². The predicted octanol–water partition coefficient (Wildman–Crippen LogP) is 4.12. The molecule has 2 aromatic rings. The lowest BCUT2D eigenvalue weighted by molar-refractivity contribution is 0.0789. The van der Waals surface area contributed by atoms with Gasteiger partial charge in [-0.3, -0.25) is 4.79 Å². The number of nitrogens with two attached hydrogens (primary N) is 1. The molecule has 2 N–H and O–H groups in total. The van der Waals surface area contributed by atoms with E-state index in [2.05, 4.69) is 24.3 Å². The molecule has 2 aliphatic heterocycles. The topological polar surface area (TPSA) is 46.3 Å². The van der Waals surface area contributed by atoms with Crippen LogP contribution in [0.1, 0.15) is 38.4 Å². The number of benzene rings is 2. The first kappa shape index (κ1) is 18.0. The summed E-state index contributed by atoms with van der Waals surface area (Å²) in [5, 5.41) is 0. The van der Waals surface area contributed by atoms with Crippen molar-refractivity contribution in [1.29, 1.82) is 0 Å². The average Bonchev–Trinajstić information content (AvgIpc) is 3.10. The largest absolute Gasteiger partial charge is 0.336 e. The van der Waals surface area contributed by atoms with Gasteiger partial charge in [0.1, 0.15) is 0 Å². The Morgan fingerprint density at radius 1 is 0.923 bits per heavy atom. The van der Waals surface area contributed by atoms with Gasteiger partial charge in [0, 0.05) is 30.6 Å². The molecule has 2 heterocycles. The lowest BCUT2D eigenvalue weighted by Gasteiger charge is -2.21. The number of thioether (sulfide) groups is 2. The minimum atomic E-state index is -0.00402. The fraction of sp³-hybridized carbons (Fsp3) is 0.381. The highest BCUT2D eigenvalue weighted by Crippen LogP contribution is 2.43. The van der Waals surface area contributed by atoms with Crippen molar-refractivity contribution in [3.05, 3.63) is 71.3 Å². The third-order valence-corrected chi connectivity index (χ3v) is 8.15. The van der Waals surface area contributed by atoms with Gasteiger partial charge in [0.25, 0.3) is 5.91 Å². The van der Waals surface area contributed by atoms with Gasteiger partial charge in [0.2, 0.25) is 0 Å². The normalized spacial score (nSPS) is 24.0.